The van der Waals surface area contributed by atoms with Crippen molar-refractivity contribution in [3.63, 3.8) is 0 Å². The smallest absolute Gasteiger partial charge is 0.256 e. The molecule has 19 heavy (non-hydrogen) atoms. The minimum atomic E-state index is -0.473. The van der Waals surface area contributed by atoms with E-state index in [9.17, 15) is 9.90 Å². The first-order valence-electron chi connectivity index (χ1n) is 5.27. The van der Waals surface area contributed by atoms with Crippen LogP contribution in [0.1, 0.15) is 15.9 Å². The summed E-state index contributed by atoms with van der Waals surface area (Å²) in [6.07, 6.45) is 1.31. The van der Waals surface area contributed by atoms with Crippen LogP contribution < -0.4 is 10.1 Å². The summed E-state index contributed by atoms with van der Waals surface area (Å²) < 4.78 is 4.88. The van der Waals surface area contributed by atoms with Crippen molar-refractivity contribution in [1.82, 2.24) is 10.2 Å². The predicted octanol–water partition coefficient (Wildman–Crippen LogP) is 1.25. The van der Waals surface area contributed by atoms with Crippen molar-refractivity contribution in [2.24, 2.45) is 0 Å². The number of anilines is 1. The zero-order valence-corrected chi connectivity index (χ0v) is 9.97. The quantitative estimate of drug-likeness (QED) is 0.767. The second kappa shape index (κ2) is 5.10. The van der Waals surface area contributed by atoms with Gasteiger partial charge in [-0.05, 0) is 18.2 Å². The lowest BCUT2D eigenvalue weighted by Gasteiger charge is -2.06. The molecule has 0 atom stereocenters. The highest BCUT2D eigenvalue weighted by atomic mass is 16.5. The summed E-state index contributed by atoms with van der Waals surface area (Å²) in [7, 11) is 1.42. The van der Waals surface area contributed by atoms with Crippen molar-refractivity contribution in [3.05, 3.63) is 35.5 Å². The lowest BCUT2D eigenvalue weighted by atomic mass is 10.2. The first-order chi connectivity index (χ1) is 9.15. The molecular weight excluding hydrogens is 248 g/mol. The van der Waals surface area contributed by atoms with Crippen LogP contribution in [-0.2, 0) is 0 Å². The molecule has 1 heterocycles. The van der Waals surface area contributed by atoms with E-state index in [2.05, 4.69) is 15.5 Å². The summed E-state index contributed by atoms with van der Waals surface area (Å²) in [5, 5.41) is 27.0. The third-order valence-corrected chi connectivity index (χ3v) is 2.44. The van der Waals surface area contributed by atoms with Gasteiger partial charge in [0.05, 0.1) is 13.3 Å². The second-order valence-electron chi connectivity index (χ2n) is 3.61. The first kappa shape index (κ1) is 12.4. The summed E-state index contributed by atoms with van der Waals surface area (Å²) in [5.74, 6) is -0.127. The van der Waals surface area contributed by atoms with E-state index >= 15 is 0 Å². The maximum atomic E-state index is 11.9. The van der Waals surface area contributed by atoms with Gasteiger partial charge in [0.15, 0.2) is 11.5 Å². The number of hydrogen-bond acceptors (Lipinski definition) is 5. The standard InChI is InChI=1S/C12H10N4O3/c1-19-10-3-2-7(4-9(10)17)12(18)15-11-8(5-13)6-14-16-11/h2-4,6,17H,1H3,(H2,14,15,16,18). The van der Waals surface area contributed by atoms with E-state index in [1.165, 1.54) is 31.5 Å². The number of hydrogen-bond donors (Lipinski definition) is 3. The Labute approximate surface area is 108 Å². The predicted molar refractivity (Wildman–Crippen MR) is 65.9 cm³/mol. The lowest BCUT2D eigenvalue weighted by molar-refractivity contribution is 0.102. The van der Waals surface area contributed by atoms with Gasteiger partial charge in [-0.15, -0.1) is 0 Å². The van der Waals surface area contributed by atoms with Gasteiger partial charge in [0, 0.05) is 5.56 Å². The number of nitrogens with zero attached hydrogens (tertiary/aromatic N) is 2. The zero-order chi connectivity index (χ0) is 13.8. The van der Waals surface area contributed by atoms with Gasteiger partial charge in [0.1, 0.15) is 17.5 Å². The molecule has 7 nitrogen and oxygen atoms in total. The molecule has 0 aliphatic rings. The molecule has 0 saturated heterocycles. The van der Waals surface area contributed by atoms with E-state index in [-0.39, 0.29) is 28.4 Å². The molecule has 1 amide bonds. The molecule has 0 bridgehead atoms. The summed E-state index contributed by atoms with van der Waals surface area (Å²) in [6.45, 7) is 0. The number of phenolic OH excluding ortho intramolecular Hbond substituents is 1. The zero-order valence-electron chi connectivity index (χ0n) is 9.97. The van der Waals surface area contributed by atoms with Gasteiger partial charge in [0.2, 0.25) is 0 Å². The third kappa shape index (κ3) is 2.47. The molecule has 0 saturated carbocycles. The Bertz CT molecular complexity index is 657. The largest absolute Gasteiger partial charge is 0.504 e. The number of nitriles is 1. The van der Waals surface area contributed by atoms with Gasteiger partial charge < -0.3 is 15.2 Å². The normalized spacial score (nSPS) is 9.68. The number of aromatic amines is 1. The molecule has 7 heteroatoms. The molecule has 0 radical (unpaired) electrons. The van der Waals surface area contributed by atoms with Crippen LogP contribution in [0.15, 0.2) is 24.4 Å². The SMILES string of the molecule is COc1ccc(C(=O)Nc2[nH]ncc2C#N)cc1O. The Morgan fingerprint density at radius 3 is 3.00 bits per heavy atom. The summed E-state index contributed by atoms with van der Waals surface area (Å²) in [6, 6.07) is 6.13. The molecule has 3 N–H and O–H groups in total. The van der Waals surface area contributed by atoms with Crippen LogP contribution in [0.2, 0.25) is 0 Å². The van der Waals surface area contributed by atoms with Crippen molar-refractivity contribution in [3.8, 4) is 17.6 Å². The van der Waals surface area contributed by atoms with Crippen LogP contribution in [0.5, 0.6) is 11.5 Å². The number of amides is 1. The number of aromatic nitrogens is 2. The molecular formula is C12H10N4O3. The van der Waals surface area contributed by atoms with Crippen LogP contribution in [-0.4, -0.2) is 28.3 Å². The number of methoxy groups -OCH3 is 1. The molecule has 1 aromatic carbocycles. The van der Waals surface area contributed by atoms with E-state index in [1.54, 1.807) is 0 Å². The number of carbonyl (C=O) groups is 1. The van der Waals surface area contributed by atoms with Gasteiger partial charge in [0.25, 0.3) is 5.91 Å². The number of aromatic hydroxyl groups is 1. The highest BCUT2D eigenvalue weighted by molar-refractivity contribution is 6.04. The average Bonchev–Trinajstić information content (AvgIpc) is 2.85. The number of nitrogens with one attached hydrogen (secondary N) is 2. The van der Waals surface area contributed by atoms with Gasteiger partial charge in [-0.25, -0.2) is 0 Å². The fourth-order valence-electron chi connectivity index (χ4n) is 1.48. The average molecular weight is 258 g/mol. The lowest BCUT2D eigenvalue weighted by Crippen LogP contribution is -2.13. The van der Waals surface area contributed by atoms with E-state index in [0.717, 1.165) is 0 Å². The topological polar surface area (TPSA) is 111 Å². The molecule has 0 aliphatic heterocycles. The van der Waals surface area contributed by atoms with Gasteiger partial charge in [-0.3, -0.25) is 9.89 Å². The first-order valence-corrected chi connectivity index (χ1v) is 5.27. The monoisotopic (exact) mass is 258 g/mol. The van der Waals surface area contributed by atoms with Crippen LogP contribution in [0.25, 0.3) is 0 Å². The minimum Gasteiger partial charge on any atom is -0.504 e. The van der Waals surface area contributed by atoms with Gasteiger partial charge >= 0.3 is 0 Å². The molecule has 2 aromatic rings. The number of benzene rings is 1. The Hall–Kier alpha value is -3.01. The summed E-state index contributed by atoms with van der Waals surface area (Å²) in [4.78, 5) is 11.9. The van der Waals surface area contributed by atoms with Crippen molar-refractivity contribution in [2.45, 2.75) is 0 Å². The summed E-state index contributed by atoms with van der Waals surface area (Å²) >= 11 is 0. The molecule has 0 aliphatic carbocycles. The Kier molecular flexibility index (Phi) is 3.34. The van der Waals surface area contributed by atoms with Crippen molar-refractivity contribution in [1.29, 1.82) is 5.26 Å². The van der Waals surface area contributed by atoms with Crippen LogP contribution in [0.4, 0.5) is 5.82 Å². The number of phenols is 1. The maximum absolute atomic E-state index is 11.9. The summed E-state index contributed by atoms with van der Waals surface area (Å²) in [5.41, 5.74) is 0.461. The Balaban J connectivity index is 2.21. The van der Waals surface area contributed by atoms with Gasteiger partial charge in [-0.1, -0.05) is 0 Å². The Morgan fingerprint density at radius 1 is 1.58 bits per heavy atom. The minimum absolute atomic E-state index is 0.139. The fourth-order valence-corrected chi connectivity index (χ4v) is 1.48. The molecule has 96 valence electrons. The molecule has 1 aromatic heterocycles. The van der Waals surface area contributed by atoms with Crippen molar-refractivity contribution >= 4 is 11.7 Å². The maximum Gasteiger partial charge on any atom is 0.256 e. The molecule has 0 spiro atoms. The highest BCUT2D eigenvalue weighted by Gasteiger charge is 2.12. The third-order valence-electron chi connectivity index (χ3n) is 2.44. The van der Waals surface area contributed by atoms with E-state index in [4.69, 9.17) is 10.00 Å². The molecule has 2 rings (SSSR count). The Morgan fingerprint density at radius 2 is 2.37 bits per heavy atom. The molecule has 0 unspecified atom stereocenters. The van der Waals surface area contributed by atoms with Crippen LogP contribution in [0.3, 0.4) is 0 Å². The van der Waals surface area contributed by atoms with Crippen molar-refractivity contribution in [2.75, 3.05) is 12.4 Å². The van der Waals surface area contributed by atoms with E-state index in [1.807, 2.05) is 6.07 Å². The fraction of sp³-hybridized carbons (Fsp3) is 0.0833. The van der Waals surface area contributed by atoms with Crippen LogP contribution >= 0.6 is 0 Å². The number of H-pyrrole nitrogens is 1. The number of rotatable bonds is 3. The highest BCUT2D eigenvalue weighted by Crippen LogP contribution is 2.26. The van der Waals surface area contributed by atoms with Crippen LogP contribution in [0, 0.1) is 11.3 Å². The van der Waals surface area contributed by atoms with Crippen molar-refractivity contribution < 1.29 is 14.6 Å². The second-order valence-corrected chi connectivity index (χ2v) is 3.61. The number of ether oxygens (including phenoxy) is 1. The van der Waals surface area contributed by atoms with E-state index < -0.39 is 5.91 Å². The molecule has 0 fully saturated rings. The number of carbonyl (C=O) groups excluding carboxylic acids is 1. The van der Waals surface area contributed by atoms with Gasteiger partial charge in [-0.2, -0.15) is 10.4 Å². The van der Waals surface area contributed by atoms with E-state index in [0.29, 0.717) is 0 Å².